The molecular weight excluding hydrogens is 386 g/mol. The van der Waals surface area contributed by atoms with Gasteiger partial charge in [-0.05, 0) is 43.2 Å². The predicted octanol–water partition coefficient (Wildman–Crippen LogP) is 4.08. The second kappa shape index (κ2) is 11.3. The van der Waals surface area contributed by atoms with Crippen molar-refractivity contribution < 1.29 is 9.53 Å². The standard InChI is InChI=1S/C26H35N3O2/c30-26(27-16-11-22-7-3-1-4-8-22)29-19-14-25(15-20-29)31-24-12-17-28(18-13-24)21-23-9-5-2-6-10-23/h1-10,24-25H,11-21H2,(H,27,30). The Hall–Kier alpha value is -2.37. The number of amides is 2. The van der Waals surface area contributed by atoms with Gasteiger partial charge < -0.3 is 15.0 Å². The minimum absolute atomic E-state index is 0.0589. The van der Waals surface area contributed by atoms with Crippen LogP contribution in [0.4, 0.5) is 4.79 Å². The van der Waals surface area contributed by atoms with Gasteiger partial charge in [0.1, 0.15) is 0 Å². The van der Waals surface area contributed by atoms with Crippen LogP contribution in [0.3, 0.4) is 0 Å². The highest BCUT2D eigenvalue weighted by atomic mass is 16.5. The highest BCUT2D eigenvalue weighted by molar-refractivity contribution is 5.74. The molecule has 0 aromatic heterocycles. The molecular formula is C26H35N3O2. The van der Waals surface area contributed by atoms with Crippen LogP contribution >= 0.6 is 0 Å². The second-order valence-corrected chi connectivity index (χ2v) is 8.75. The van der Waals surface area contributed by atoms with Crippen LogP contribution in [0.15, 0.2) is 60.7 Å². The molecule has 5 nitrogen and oxygen atoms in total. The van der Waals surface area contributed by atoms with E-state index < -0.39 is 0 Å². The summed E-state index contributed by atoms with van der Waals surface area (Å²) in [6.07, 6.45) is 5.62. The van der Waals surface area contributed by atoms with Crippen LogP contribution in [-0.4, -0.2) is 60.8 Å². The number of carbonyl (C=O) groups excluding carboxylic acids is 1. The monoisotopic (exact) mass is 421 g/mol. The van der Waals surface area contributed by atoms with Crippen molar-refractivity contribution in [3.8, 4) is 0 Å². The molecule has 2 aromatic rings. The van der Waals surface area contributed by atoms with E-state index in [2.05, 4.69) is 52.7 Å². The molecule has 2 aliphatic rings. The molecule has 2 aromatic carbocycles. The molecule has 2 aliphatic heterocycles. The summed E-state index contributed by atoms with van der Waals surface area (Å²) in [7, 11) is 0. The molecule has 2 fully saturated rings. The fourth-order valence-electron chi connectivity index (χ4n) is 4.58. The molecule has 0 unspecified atom stereocenters. The first-order chi connectivity index (χ1) is 15.3. The van der Waals surface area contributed by atoms with Gasteiger partial charge in [-0.3, -0.25) is 4.90 Å². The summed E-state index contributed by atoms with van der Waals surface area (Å²) in [4.78, 5) is 16.9. The van der Waals surface area contributed by atoms with Gasteiger partial charge in [0.15, 0.2) is 0 Å². The van der Waals surface area contributed by atoms with Gasteiger partial charge in [0.25, 0.3) is 0 Å². The molecule has 0 spiro atoms. The molecule has 0 atom stereocenters. The average Bonchev–Trinajstić information content (AvgIpc) is 2.82. The molecule has 5 heteroatoms. The van der Waals surface area contributed by atoms with Crippen LogP contribution < -0.4 is 5.32 Å². The number of hydrogen-bond acceptors (Lipinski definition) is 3. The Kier molecular flexibility index (Phi) is 7.97. The smallest absolute Gasteiger partial charge is 0.317 e. The molecule has 31 heavy (non-hydrogen) atoms. The Bertz CT molecular complexity index is 783. The van der Waals surface area contributed by atoms with E-state index in [0.717, 1.165) is 64.8 Å². The van der Waals surface area contributed by atoms with E-state index in [9.17, 15) is 4.79 Å². The van der Waals surface area contributed by atoms with Gasteiger partial charge in [-0.25, -0.2) is 4.79 Å². The maximum absolute atomic E-state index is 12.4. The van der Waals surface area contributed by atoms with E-state index in [1.165, 1.54) is 11.1 Å². The number of urea groups is 1. The van der Waals surface area contributed by atoms with Crippen LogP contribution in [-0.2, 0) is 17.7 Å². The van der Waals surface area contributed by atoms with E-state index in [4.69, 9.17) is 4.74 Å². The zero-order valence-electron chi connectivity index (χ0n) is 18.4. The van der Waals surface area contributed by atoms with Crippen molar-refractivity contribution in [1.82, 2.24) is 15.1 Å². The molecule has 2 saturated heterocycles. The minimum atomic E-state index is 0.0589. The summed E-state index contributed by atoms with van der Waals surface area (Å²) >= 11 is 0. The lowest BCUT2D eigenvalue weighted by Gasteiger charge is -2.37. The third-order valence-electron chi connectivity index (χ3n) is 6.43. The lowest BCUT2D eigenvalue weighted by Crippen LogP contribution is -2.47. The highest BCUT2D eigenvalue weighted by Crippen LogP contribution is 2.22. The summed E-state index contributed by atoms with van der Waals surface area (Å²) in [5.74, 6) is 0. The van der Waals surface area contributed by atoms with Crippen LogP contribution in [0.5, 0.6) is 0 Å². The van der Waals surface area contributed by atoms with Gasteiger partial charge in [-0.2, -0.15) is 0 Å². The normalized spacial score (nSPS) is 18.8. The molecule has 4 rings (SSSR count). The van der Waals surface area contributed by atoms with Crippen LogP contribution in [0.25, 0.3) is 0 Å². The Morgan fingerprint density at radius 2 is 1.35 bits per heavy atom. The molecule has 166 valence electrons. The van der Waals surface area contributed by atoms with E-state index in [1.54, 1.807) is 0 Å². The molecule has 2 amide bonds. The fraction of sp³-hybridized carbons (Fsp3) is 0.500. The van der Waals surface area contributed by atoms with Crippen molar-refractivity contribution in [1.29, 1.82) is 0 Å². The van der Waals surface area contributed by atoms with Crippen LogP contribution in [0.1, 0.15) is 36.8 Å². The zero-order valence-corrected chi connectivity index (χ0v) is 18.4. The Labute approximate surface area is 186 Å². The predicted molar refractivity (Wildman–Crippen MR) is 124 cm³/mol. The fourth-order valence-corrected chi connectivity index (χ4v) is 4.58. The number of likely N-dealkylation sites (tertiary alicyclic amines) is 2. The van der Waals surface area contributed by atoms with Crippen molar-refractivity contribution in [2.45, 2.75) is 50.9 Å². The number of carbonyl (C=O) groups is 1. The van der Waals surface area contributed by atoms with Gasteiger partial charge in [0, 0.05) is 39.3 Å². The maximum atomic E-state index is 12.4. The number of hydrogen-bond donors (Lipinski definition) is 1. The number of rotatable bonds is 7. The first kappa shape index (κ1) is 21.8. The number of nitrogens with one attached hydrogen (secondary N) is 1. The van der Waals surface area contributed by atoms with Gasteiger partial charge in [-0.1, -0.05) is 60.7 Å². The average molecular weight is 422 g/mol. The molecule has 0 saturated carbocycles. The third kappa shape index (κ3) is 6.81. The first-order valence-corrected chi connectivity index (χ1v) is 11.7. The highest BCUT2D eigenvalue weighted by Gasteiger charge is 2.27. The molecule has 0 bridgehead atoms. The van der Waals surface area contributed by atoms with E-state index in [0.29, 0.717) is 18.8 Å². The van der Waals surface area contributed by atoms with Gasteiger partial charge >= 0.3 is 6.03 Å². The van der Waals surface area contributed by atoms with Crippen LogP contribution in [0.2, 0.25) is 0 Å². The van der Waals surface area contributed by atoms with Crippen molar-refractivity contribution in [2.75, 3.05) is 32.7 Å². The lowest BCUT2D eigenvalue weighted by molar-refractivity contribution is -0.0619. The minimum Gasteiger partial charge on any atom is -0.375 e. The third-order valence-corrected chi connectivity index (χ3v) is 6.43. The number of piperidine rings is 2. The van der Waals surface area contributed by atoms with Gasteiger partial charge in [-0.15, -0.1) is 0 Å². The second-order valence-electron chi connectivity index (χ2n) is 8.75. The molecule has 0 radical (unpaired) electrons. The van der Waals surface area contributed by atoms with Crippen molar-refractivity contribution in [3.63, 3.8) is 0 Å². The van der Waals surface area contributed by atoms with Crippen molar-refractivity contribution >= 4 is 6.03 Å². The number of benzene rings is 2. The maximum Gasteiger partial charge on any atom is 0.317 e. The van der Waals surface area contributed by atoms with E-state index in [1.807, 2.05) is 23.1 Å². The quantitative estimate of drug-likeness (QED) is 0.733. The number of ether oxygens (including phenoxy) is 1. The molecule has 2 heterocycles. The Balaban J connectivity index is 1.10. The molecule has 1 N–H and O–H groups in total. The SMILES string of the molecule is O=C(NCCc1ccccc1)N1CCC(OC2CCN(Cc3ccccc3)CC2)CC1. The molecule has 0 aliphatic carbocycles. The van der Waals surface area contributed by atoms with E-state index >= 15 is 0 Å². The zero-order chi connectivity index (χ0) is 21.3. The van der Waals surface area contributed by atoms with Gasteiger partial charge in [0.2, 0.25) is 0 Å². The Morgan fingerprint density at radius 1 is 0.806 bits per heavy atom. The van der Waals surface area contributed by atoms with Crippen molar-refractivity contribution in [2.24, 2.45) is 0 Å². The largest absolute Gasteiger partial charge is 0.375 e. The van der Waals surface area contributed by atoms with E-state index in [-0.39, 0.29) is 6.03 Å². The number of nitrogens with zero attached hydrogens (tertiary/aromatic N) is 2. The summed E-state index contributed by atoms with van der Waals surface area (Å²) < 4.78 is 6.41. The first-order valence-electron chi connectivity index (χ1n) is 11.7. The van der Waals surface area contributed by atoms with Gasteiger partial charge in [0.05, 0.1) is 12.2 Å². The van der Waals surface area contributed by atoms with Crippen LogP contribution in [0, 0.1) is 0 Å². The summed E-state index contributed by atoms with van der Waals surface area (Å²) in [6.45, 7) is 5.49. The van der Waals surface area contributed by atoms with Crippen molar-refractivity contribution in [3.05, 3.63) is 71.8 Å². The Morgan fingerprint density at radius 3 is 1.97 bits per heavy atom. The summed E-state index contributed by atoms with van der Waals surface area (Å²) in [5, 5.41) is 3.06. The summed E-state index contributed by atoms with van der Waals surface area (Å²) in [6, 6.07) is 21.0. The summed E-state index contributed by atoms with van der Waals surface area (Å²) in [5.41, 5.74) is 2.64. The topological polar surface area (TPSA) is 44.8 Å². The lowest BCUT2D eigenvalue weighted by atomic mass is 10.0.